The van der Waals surface area contributed by atoms with Gasteiger partial charge in [0.2, 0.25) is 0 Å². The molecule has 0 aliphatic heterocycles. The summed E-state index contributed by atoms with van der Waals surface area (Å²) in [6, 6.07) is 5.30. The maximum Gasteiger partial charge on any atom is 0.150 e. The summed E-state index contributed by atoms with van der Waals surface area (Å²) in [4.78, 5) is 8.33. The molecule has 100 valence electrons. The van der Waals surface area contributed by atoms with E-state index in [-0.39, 0.29) is 0 Å². The normalized spacial score (nSPS) is 10.3. The van der Waals surface area contributed by atoms with Gasteiger partial charge in [0.15, 0.2) is 0 Å². The molecule has 0 fully saturated rings. The highest BCUT2D eigenvalue weighted by Gasteiger charge is 2.08. The van der Waals surface area contributed by atoms with E-state index < -0.39 is 0 Å². The van der Waals surface area contributed by atoms with Crippen LogP contribution in [0.2, 0.25) is 10.0 Å². The van der Waals surface area contributed by atoms with Crippen LogP contribution in [0, 0.1) is 0 Å². The second kappa shape index (κ2) is 6.41. The molecular formula is C12H11BrCl2N4. The van der Waals surface area contributed by atoms with E-state index >= 15 is 0 Å². The first-order valence-electron chi connectivity index (χ1n) is 5.58. The Balaban J connectivity index is 2.27. The van der Waals surface area contributed by atoms with Crippen LogP contribution in [-0.2, 0) is 0 Å². The zero-order chi connectivity index (χ0) is 13.8. The van der Waals surface area contributed by atoms with Gasteiger partial charge in [-0.2, -0.15) is 0 Å². The molecule has 0 unspecified atom stereocenters. The van der Waals surface area contributed by atoms with Crippen LogP contribution in [0.1, 0.15) is 6.92 Å². The number of anilines is 3. The van der Waals surface area contributed by atoms with Crippen LogP contribution in [0.25, 0.3) is 0 Å². The number of halogens is 3. The van der Waals surface area contributed by atoms with Crippen molar-refractivity contribution in [2.75, 3.05) is 17.2 Å². The molecule has 7 heteroatoms. The second-order valence-corrected chi connectivity index (χ2v) is 5.28. The molecule has 19 heavy (non-hydrogen) atoms. The van der Waals surface area contributed by atoms with Crippen molar-refractivity contribution in [2.45, 2.75) is 6.92 Å². The van der Waals surface area contributed by atoms with Crippen LogP contribution in [0.5, 0.6) is 0 Å². The summed E-state index contributed by atoms with van der Waals surface area (Å²) in [5, 5.41) is 7.30. The first-order valence-corrected chi connectivity index (χ1v) is 7.13. The average Bonchev–Trinajstić information content (AvgIpc) is 2.39. The van der Waals surface area contributed by atoms with E-state index in [1.807, 2.05) is 13.0 Å². The molecule has 0 spiro atoms. The van der Waals surface area contributed by atoms with Gasteiger partial charge in [-0.05, 0) is 41.1 Å². The predicted octanol–water partition coefficient (Wildman–Crippen LogP) is 4.72. The highest BCUT2D eigenvalue weighted by molar-refractivity contribution is 9.10. The van der Waals surface area contributed by atoms with Gasteiger partial charge in [0.1, 0.15) is 22.4 Å². The average molecular weight is 362 g/mol. The summed E-state index contributed by atoms with van der Waals surface area (Å²) < 4.78 is 0.767. The molecule has 1 heterocycles. The monoisotopic (exact) mass is 360 g/mol. The summed E-state index contributed by atoms with van der Waals surface area (Å²) in [5.74, 6) is 1.39. The molecule has 1 aromatic carbocycles. The number of rotatable bonds is 4. The molecule has 2 rings (SSSR count). The van der Waals surface area contributed by atoms with E-state index in [9.17, 15) is 0 Å². The fourth-order valence-corrected chi connectivity index (χ4v) is 2.20. The van der Waals surface area contributed by atoms with Crippen LogP contribution in [-0.4, -0.2) is 16.5 Å². The number of hydrogen-bond acceptors (Lipinski definition) is 4. The van der Waals surface area contributed by atoms with Gasteiger partial charge in [-0.3, -0.25) is 0 Å². The minimum absolute atomic E-state index is 0.490. The topological polar surface area (TPSA) is 49.8 Å². The summed E-state index contributed by atoms with van der Waals surface area (Å²) in [7, 11) is 0. The van der Waals surface area contributed by atoms with Crippen molar-refractivity contribution in [1.82, 2.24) is 9.97 Å². The molecule has 0 radical (unpaired) electrons. The second-order valence-electron chi connectivity index (χ2n) is 3.67. The maximum atomic E-state index is 5.97. The molecule has 0 bridgehead atoms. The third-order valence-electron chi connectivity index (χ3n) is 2.32. The quantitative estimate of drug-likeness (QED) is 0.827. The summed E-state index contributed by atoms with van der Waals surface area (Å²) in [6.07, 6.45) is 1.49. The highest BCUT2D eigenvalue weighted by atomic mass is 79.9. The van der Waals surface area contributed by atoms with Crippen molar-refractivity contribution in [3.05, 3.63) is 39.0 Å². The van der Waals surface area contributed by atoms with Crippen molar-refractivity contribution in [1.29, 1.82) is 0 Å². The van der Waals surface area contributed by atoms with Crippen LogP contribution < -0.4 is 10.6 Å². The zero-order valence-electron chi connectivity index (χ0n) is 10.0. The van der Waals surface area contributed by atoms with Gasteiger partial charge >= 0.3 is 0 Å². The van der Waals surface area contributed by atoms with E-state index in [0.29, 0.717) is 15.9 Å². The maximum absolute atomic E-state index is 5.97. The molecule has 4 nitrogen and oxygen atoms in total. The fourth-order valence-electron chi connectivity index (χ4n) is 1.46. The number of nitrogens with zero attached hydrogens (tertiary/aromatic N) is 2. The molecule has 2 N–H and O–H groups in total. The lowest BCUT2D eigenvalue weighted by Gasteiger charge is -2.11. The third kappa shape index (κ3) is 3.49. The smallest absolute Gasteiger partial charge is 0.150 e. The summed E-state index contributed by atoms with van der Waals surface area (Å²) in [6.45, 7) is 2.78. The lowest BCUT2D eigenvalue weighted by Crippen LogP contribution is -2.03. The Bertz CT molecular complexity index is 592. The van der Waals surface area contributed by atoms with E-state index in [0.717, 1.165) is 22.5 Å². The van der Waals surface area contributed by atoms with Crippen molar-refractivity contribution < 1.29 is 0 Å². The molecule has 0 aliphatic rings. The van der Waals surface area contributed by atoms with E-state index in [1.54, 1.807) is 12.1 Å². The van der Waals surface area contributed by atoms with Gasteiger partial charge in [0, 0.05) is 12.2 Å². The molecule has 0 saturated heterocycles. The molecule has 0 aliphatic carbocycles. The standard InChI is InChI=1S/C12H11BrCl2N4/c1-2-16-11-10(13)12(18-6-17-11)19-7-3-4-8(14)9(15)5-7/h3-6H,2H2,1H3,(H2,16,17,18,19). The van der Waals surface area contributed by atoms with Gasteiger partial charge in [0.25, 0.3) is 0 Å². The Labute approximate surface area is 129 Å². The Morgan fingerprint density at radius 2 is 1.89 bits per heavy atom. The van der Waals surface area contributed by atoms with Crippen molar-refractivity contribution in [3.63, 3.8) is 0 Å². The SMILES string of the molecule is CCNc1ncnc(Nc2ccc(Cl)c(Cl)c2)c1Br. The molecule has 0 amide bonds. The minimum Gasteiger partial charge on any atom is -0.369 e. The van der Waals surface area contributed by atoms with Crippen LogP contribution in [0.3, 0.4) is 0 Å². The first-order chi connectivity index (χ1) is 9.11. The molecule has 1 aromatic heterocycles. The number of benzene rings is 1. The zero-order valence-corrected chi connectivity index (χ0v) is 13.1. The fraction of sp³-hybridized carbons (Fsp3) is 0.167. The number of hydrogen-bond donors (Lipinski definition) is 2. The molecule has 0 saturated carbocycles. The van der Waals surface area contributed by atoms with Gasteiger partial charge in [-0.15, -0.1) is 0 Å². The van der Waals surface area contributed by atoms with Gasteiger partial charge in [0.05, 0.1) is 10.0 Å². The van der Waals surface area contributed by atoms with E-state index in [2.05, 4.69) is 36.5 Å². The molecule has 2 aromatic rings. The van der Waals surface area contributed by atoms with E-state index in [1.165, 1.54) is 6.33 Å². The van der Waals surface area contributed by atoms with Gasteiger partial charge < -0.3 is 10.6 Å². The number of nitrogens with one attached hydrogen (secondary N) is 2. The summed E-state index contributed by atoms with van der Waals surface area (Å²) in [5.41, 5.74) is 0.802. The Morgan fingerprint density at radius 1 is 1.16 bits per heavy atom. The lowest BCUT2D eigenvalue weighted by molar-refractivity contribution is 1.10. The summed E-state index contributed by atoms with van der Waals surface area (Å²) >= 11 is 15.3. The van der Waals surface area contributed by atoms with Crippen LogP contribution in [0.15, 0.2) is 29.0 Å². The van der Waals surface area contributed by atoms with Crippen molar-refractivity contribution in [3.8, 4) is 0 Å². The predicted molar refractivity (Wildman–Crippen MR) is 83.6 cm³/mol. The minimum atomic E-state index is 0.490. The largest absolute Gasteiger partial charge is 0.369 e. The highest BCUT2D eigenvalue weighted by Crippen LogP contribution is 2.31. The Hall–Kier alpha value is -1.04. The lowest BCUT2D eigenvalue weighted by atomic mass is 10.3. The Morgan fingerprint density at radius 3 is 2.58 bits per heavy atom. The van der Waals surface area contributed by atoms with Gasteiger partial charge in [-0.1, -0.05) is 23.2 Å². The molecule has 0 atom stereocenters. The van der Waals surface area contributed by atoms with Crippen LogP contribution in [0.4, 0.5) is 17.3 Å². The number of aromatic nitrogens is 2. The third-order valence-corrected chi connectivity index (χ3v) is 3.81. The first kappa shape index (κ1) is 14.4. The van der Waals surface area contributed by atoms with Crippen molar-refractivity contribution >= 4 is 56.5 Å². The molecular weight excluding hydrogens is 351 g/mol. The van der Waals surface area contributed by atoms with Crippen LogP contribution >= 0.6 is 39.1 Å². The Kier molecular flexibility index (Phi) is 4.85. The van der Waals surface area contributed by atoms with Crippen molar-refractivity contribution in [2.24, 2.45) is 0 Å². The van der Waals surface area contributed by atoms with E-state index in [4.69, 9.17) is 23.2 Å². The van der Waals surface area contributed by atoms with Gasteiger partial charge in [-0.25, -0.2) is 9.97 Å².